The minimum absolute atomic E-state index is 0.252. The molecule has 1 N–H and O–H groups in total. The number of carbonyl (C=O) groups is 1. The number of anilines is 1. The minimum atomic E-state index is -0.714. The van der Waals surface area contributed by atoms with Crippen LogP contribution in [0.25, 0.3) is 11.6 Å². The van der Waals surface area contributed by atoms with Crippen LogP contribution < -0.4 is 4.90 Å². The number of rotatable bonds is 4. The summed E-state index contributed by atoms with van der Waals surface area (Å²) < 4.78 is 5.24. The molecule has 0 unspecified atom stereocenters. The SMILES string of the molecule is O=C(O)C1CCN(c2ccc(-c3nc(C4CC4)no3)nn2)CC1. The number of aromatic nitrogens is 4. The van der Waals surface area contributed by atoms with E-state index in [-0.39, 0.29) is 5.92 Å². The fraction of sp³-hybridized carbons (Fsp3) is 0.533. The summed E-state index contributed by atoms with van der Waals surface area (Å²) in [6.45, 7) is 1.36. The van der Waals surface area contributed by atoms with Crippen LogP contribution in [0.3, 0.4) is 0 Å². The molecule has 8 nitrogen and oxygen atoms in total. The van der Waals surface area contributed by atoms with Crippen molar-refractivity contribution in [3.8, 4) is 11.6 Å². The van der Waals surface area contributed by atoms with Crippen LogP contribution in [0.5, 0.6) is 0 Å². The standard InChI is InChI=1S/C15H17N5O3/c21-15(22)10-5-7-20(8-6-10)12-4-3-11(17-18-12)14-16-13(19-23-14)9-1-2-9/h3-4,9-10H,1-2,5-8H2,(H,21,22). The van der Waals surface area contributed by atoms with Crippen molar-refractivity contribution in [2.24, 2.45) is 5.92 Å². The maximum Gasteiger partial charge on any atom is 0.306 e. The molecule has 2 aromatic heterocycles. The van der Waals surface area contributed by atoms with Gasteiger partial charge < -0.3 is 14.5 Å². The van der Waals surface area contributed by atoms with Crippen LogP contribution in [0, 0.1) is 5.92 Å². The van der Waals surface area contributed by atoms with Crippen molar-refractivity contribution in [3.63, 3.8) is 0 Å². The Hall–Kier alpha value is -2.51. The second-order valence-electron chi connectivity index (χ2n) is 6.11. The molecule has 1 saturated heterocycles. The molecule has 0 atom stereocenters. The van der Waals surface area contributed by atoms with E-state index >= 15 is 0 Å². The second-order valence-corrected chi connectivity index (χ2v) is 6.11. The number of carboxylic acid groups (broad SMARTS) is 1. The van der Waals surface area contributed by atoms with E-state index in [9.17, 15) is 4.79 Å². The summed E-state index contributed by atoms with van der Waals surface area (Å²) in [6.07, 6.45) is 3.51. The van der Waals surface area contributed by atoms with Gasteiger partial charge in [-0.3, -0.25) is 4.79 Å². The molecule has 2 aromatic rings. The Bertz CT molecular complexity index is 702. The molecule has 23 heavy (non-hydrogen) atoms. The van der Waals surface area contributed by atoms with Crippen molar-refractivity contribution >= 4 is 11.8 Å². The molecule has 0 radical (unpaired) electrons. The maximum absolute atomic E-state index is 11.0. The van der Waals surface area contributed by atoms with Gasteiger partial charge in [-0.05, 0) is 37.8 Å². The number of piperidine rings is 1. The monoisotopic (exact) mass is 315 g/mol. The summed E-state index contributed by atoms with van der Waals surface area (Å²) in [5.41, 5.74) is 0.563. The first kappa shape index (κ1) is 14.1. The molecule has 2 aliphatic rings. The van der Waals surface area contributed by atoms with Crippen molar-refractivity contribution in [2.45, 2.75) is 31.6 Å². The molecule has 8 heteroatoms. The summed E-state index contributed by atoms with van der Waals surface area (Å²) in [5, 5.41) is 21.4. The van der Waals surface area contributed by atoms with Gasteiger partial charge in [0.25, 0.3) is 5.89 Å². The molecular formula is C15H17N5O3. The summed E-state index contributed by atoms with van der Waals surface area (Å²) in [5.74, 6) is 1.37. The minimum Gasteiger partial charge on any atom is -0.481 e. The van der Waals surface area contributed by atoms with Gasteiger partial charge in [0, 0.05) is 19.0 Å². The zero-order valence-electron chi connectivity index (χ0n) is 12.6. The lowest BCUT2D eigenvalue weighted by Gasteiger charge is -2.30. The Balaban J connectivity index is 1.44. The Morgan fingerprint density at radius 2 is 1.96 bits per heavy atom. The Labute approximate surface area is 132 Å². The van der Waals surface area contributed by atoms with Gasteiger partial charge in [-0.15, -0.1) is 10.2 Å². The summed E-state index contributed by atoms with van der Waals surface area (Å²) >= 11 is 0. The predicted octanol–water partition coefficient (Wildman–Crippen LogP) is 1.70. The molecule has 0 bridgehead atoms. The number of carboxylic acids is 1. The second kappa shape index (κ2) is 5.60. The molecule has 2 fully saturated rings. The first-order chi connectivity index (χ1) is 11.2. The fourth-order valence-electron chi connectivity index (χ4n) is 2.81. The van der Waals surface area contributed by atoms with Crippen LogP contribution >= 0.6 is 0 Å². The van der Waals surface area contributed by atoms with Gasteiger partial charge in [-0.2, -0.15) is 4.98 Å². The third kappa shape index (κ3) is 2.88. The smallest absolute Gasteiger partial charge is 0.306 e. The molecular weight excluding hydrogens is 298 g/mol. The molecule has 1 aliphatic carbocycles. The zero-order valence-corrected chi connectivity index (χ0v) is 12.6. The average molecular weight is 315 g/mol. The summed E-state index contributed by atoms with van der Waals surface area (Å²) in [4.78, 5) is 17.4. The van der Waals surface area contributed by atoms with E-state index < -0.39 is 5.97 Å². The molecule has 1 saturated carbocycles. The van der Waals surface area contributed by atoms with Crippen LogP contribution in [0.1, 0.15) is 37.4 Å². The Kier molecular flexibility index (Phi) is 3.44. The van der Waals surface area contributed by atoms with Crippen LogP contribution in [0.2, 0.25) is 0 Å². The van der Waals surface area contributed by atoms with Crippen LogP contribution in [0.4, 0.5) is 5.82 Å². The van der Waals surface area contributed by atoms with E-state index in [0.717, 1.165) is 24.5 Å². The van der Waals surface area contributed by atoms with Gasteiger partial charge in [-0.25, -0.2) is 0 Å². The van der Waals surface area contributed by atoms with Crippen LogP contribution in [-0.4, -0.2) is 44.5 Å². The molecule has 0 aromatic carbocycles. The fourth-order valence-corrected chi connectivity index (χ4v) is 2.81. The third-order valence-corrected chi connectivity index (χ3v) is 4.42. The van der Waals surface area contributed by atoms with Crippen molar-refractivity contribution in [1.29, 1.82) is 0 Å². The van der Waals surface area contributed by atoms with E-state index in [1.54, 1.807) is 0 Å². The highest BCUT2D eigenvalue weighted by molar-refractivity contribution is 5.70. The quantitative estimate of drug-likeness (QED) is 0.909. The van der Waals surface area contributed by atoms with Crippen molar-refractivity contribution in [2.75, 3.05) is 18.0 Å². The maximum atomic E-state index is 11.0. The first-order valence-electron chi connectivity index (χ1n) is 7.86. The van der Waals surface area contributed by atoms with E-state index in [4.69, 9.17) is 9.63 Å². The van der Waals surface area contributed by atoms with E-state index in [2.05, 4.69) is 25.2 Å². The molecule has 3 heterocycles. The lowest BCUT2D eigenvalue weighted by molar-refractivity contribution is -0.142. The largest absolute Gasteiger partial charge is 0.481 e. The van der Waals surface area contributed by atoms with Crippen molar-refractivity contribution in [1.82, 2.24) is 20.3 Å². The average Bonchev–Trinajstić information content (AvgIpc) is 3.32. The topological polar surface area (TPSA) is 105 Å². The first-order valence-corrected chi connectivity index (χ1v) is 7.86. The molecule has 0 amide bonds. The third-order valence-electron chi connectivity index (χ3n) is 4.42. The lowest BCUT2D eigenvalue weighted by Crippen LogP contribution is -2.36. The number of hydrogen-bond donors (Lipinski definition) is 1. The van der Waals surface area contributed by atoms with Crippen LogP contribution in [-0.2, 0) is 4.79 Å². The number of aliphatic carboxylic acids is 1. The zero-order chi connectivity index (χ0) is 15.8. The van der Waals surface area contributed by atoms with Gasteiger partial charge in [0.2, 0.25) is 0 Å². The molecule has 120 valence electrons. The number of hydrogen-bond acceptors (Lipinski definition) is 7. The molecule has 4 rings (SSSR count). The predicted molar refractivity (Wildman–Crippen MR) is 79.9 cm³/mol. The van der Waals surface area contributed by atoms with Gasteiger partial charge >= 0.3 is 5.97 Å². The van der Waals surface area contributed by atoms with E-state index in [0.29, 0.717) is 43.4 Å². The van der Waals surface area contributed by atoms with E-state index in [1.165, 1.54) is 0 Å². The summed E-state index contributed by atoms with van der Waals surface area (Å²) in [6, 6.07) is 3.68. The van der Waals surface area contributed by atoms with Gasteiger partial charge in [-0.1, -0.05) is 5.16 Å². The van der Waals surface area contributed by atoms with Crippen LogP contribution in [0.15, 0.2) is 16.7 Å². The van der Waals surface area contributed by atoms with Gasteiger partial charge in [0.1, 0.15) is 0 Å². The van der Waals surface area contributed by atoms with Gasteiger partial charge in [0.05, 0.1) is 5.92 Å². The molecule has 1 aliphatic heterocycles. The highest BCUT2D eigenvalue weighted by Crippen LogP contribution is 2.38. The normalized spacial score (nSPS) is 19.0. The van der Waals surface area contributed by atoms with Crippen molar-refractivity contribution in [3.05, 3.63) is 18.0 Å². The summed E-state index contributed by atoms with van der Waals surface area (Å²) in [7, 11) is 0. The lowest BCUT2D eigenvalue weighted by atomic mass is 9.97. The number of nitrogens with zero attached hydrogens (tertiary/aromatic N) is 5. The Morgan fingerprint density at radius 1 is 1.17 bits per heavy atom. The van der Waals surface area contributed by atoms with Crippen molar-refractivity contribution < 1.29 is 14.4 Å². The Morgan fingerprint density at radius 3 is 2.57 bits per heavy atom. The molecule has 0 spiro atoms. The highest BCUT2D eigenvalue weighted by Gasteiger charge is 2.29. The van der Waals surface area contributed by atoms with E-state index in [1.807, 2.05) is 12.1 Å². The van der Waals surface area contributed by atoms with Gasteiger partial charge in [0.15, 0.2) is 17.3 Å². The highest BCUT2D eigenvalue weighted by atomic mass is 16.5.